The van der Waals surface area contributed by atoms with Gasteiger partial charge in [0.05, 0.1) is 24.3 Å². The van der Waals surface area contributed by atoms with Crippen LogP contribution in [0.4, 0.5) is 17.2 Å². The predicted octanol–water partition coefficient (Wildman–Crippen LogP) is 4.22. The van der Waals surface area contributed by atoms with Crippen LogP contribution in [0.5, 0.6) is 5.75 Å². The van der Waals surface area contributed by atoms with Gasteiger partial charge >= 0.3 is 5.69 Å². The maximum Gasteiger partial charge on any atom is 0.315 e. The first kappa shape index (κ1) is 17.1. The molecule has 130 valence electrons. The molecule has 0 amide bonds. The van der Waals surface area contributed by atoms with E-state index in [1.165, 1.54) is 19.4 Å². The SMILES string of the molecule is COc1cnc(Nc2ccccc2-c2ccccc2C=O)c([N+](=O)[O-])c1. The third-order valence-electron chi connectivity index (χ3n) is 3.83. The van der Waals surface area contributed by atoms with Gasteiger partial charge in [-0.25, -0.2) is 4.98 Å². The topological polar surface area (TPSA) is 94.4 Å². The smallest absolute Gasteiger partial charge is 0.315 e. The van der Waals surface area contributed by atoms with Gasteiger partial charge in [-0.15, -0.1) is 0 Å². The number of methoxy groups -OCH3 is 1. The molecule has 0 radical (unpaired) electrons. The predicted molar refractivity (Wildman–Crippen MR) is 98.0 cm³/mol. The monoisotopic (exact) mass is 349 g/mol. The van der Waals surface area contributed by atoms with Crippen molar-refractivity contribution in [2.75, 3.05) is 12.4 Å². The molecule has 7 nitrogen and oxygen atoms in total. The van der Waals surface area contributed by atoms with Gasteiger partial charge in [0.25, 0.3) is 0 Å². The zero-order valence-electron chi connectivity index (χ0n) is 13.9. The number of benzene rings is 2. The molecular formula is C19H15N3O4. The van der Waals surface area contributed by atoms with Crippen molar-refractivity contribution in [3.8, 4) is 16.9 Å². The van der Waals surface area contributed by atoms with Crippen molar-refractivity contribution >= 4 is 23.5 Å². The summed E-state index contributed by atoms with van der Waals surface area (Å²) in [5.41, 5.74) is 2.38. The summed E-state index contributed by atoms with van der Waals surface area (Å²) in [5.74, 6) is 0.383. The lowest BCUT2D eigenvalue weighted by atomic mass is 9.99. The number of carbonyl (C=O) groups excluding carboxylic acids is 1. The maximum absolute atomic E-state index is 11.4. The fraction of sp³-hybridized carbons (Fsp3) is 0.0526. The Bertz CT molecular complexity index is 973. The van der Waals surface area contributed by atoms with Gasteiger partial charge in [-0.3, -0.25) is 14.9 Å². The van der Waals surface area contributed by atoms with Crippen LogP contribution in [-0.2, 0) is 0 Å². The molecule has 0 atom stereocenters. The van der Waals surface area contributed by atoms with E-state index in [1.807, 2.05) is 24.3 Å². The number of rotatable bonds is 6. The highest BCUT2D eigenvalue weighted by molar-refractivity contribution is 5.92. The number of nitrogens with zero attached hydrogens (tertiary/aromatic N) is 2. The van der Waals surface area contributed by atoms with E-state index in [4.69, 9.17) is 4.74 Å². The van der Waals surface area contributed by atoms with Gasteiger partial charge in [-0.2, -0.15) is 0 Å². The number of nitrogens with one attached hydrogen (secondary N) is 1. The lowest BCUT2D eigenvalue weighted by Gasteiger charge is -2.13. The standard InChI is InChI=1S/C19H15N3O4/c1-26-14-10-18(22(24)25)19(20-11-14)21-17-9-5-4-8-16(17)15-7-3-2-6-13(15)12-23/h2-12H,1H3,(H,20,21). The lowest BCUT2D eigenvalue weighted by molar-refractivity contribution is -0.384. The van der Waals surface area contributed by atoms with Crippen molar-refractivity contribution in [1.29, 1.82) is 0 Å². The van der Waals surface area contributed by atoms with E-state index in [2.05, 4.69) is 10.3 Å². The van der Waals surface area contributed by atoms with Crippen molar-refractivity contribution in [3.05, 3.63) is 76.5 Å². The summed E-state index contributed by atoms with van der Waals surface area (Å²) in [6, 6.07) is 15.7. The Morgan fingerprint density at radius 1 is 1.12 bits per heavy atom. The third kappa shape index (κ3) is 3.36. The van der Waals surface area contributed by atoms with E-state index in [9.17, 15) is 14.9 Å². The highest BCUT2D eigenvalue weighted by Crippen LogP contribution is 2.34. The first-order chi connectivity index (χ1) is 12.6. The van der Waals surface area contributed by atoms with Gasteiger partial charge < -0.3 is 10.1 Å². The number of carbonyl (C=O) groups is 1. The van der Waals surface area contributed by atoms with Crippen LogP contribution < -0.4 is 10.1 Å². The van der Waals surface area contributed by atoms with Crippen LogP contribution in [0.3, 0.4) is 0 Å². The molecular weight excluding hydrogens is 334 g/mol. The molecule has 3 rings (SSSR count). The second-order valence-electron chi connectivity index (χ2n) is 5.38. The van der Waals surface area contributed by atoms with Gasteiger partial charge in [0.1, 0.15) is 5.75 Å². The number of para-hydroxylation sites is 1. The van der Waals surface area contributed by atoms with Crippen LogP contribution in [-0.4, -0.2) is 23.3 Å². The number of pyridine rings is 1. The summed E-state index contributed by atoms with van der Waals surface area (Å²) in [5, 5.41) is 14.4. The Balaban J connectivity index is 2.08. The Morgan fingerprint density at radius 2 is 1.81 bits per heavy atom. The van der Waals surface area contributed by atoms with Gasteiger partial charge in [-0.1, -0.05) is 42.5 Å². The number of ether oxygens (including phenoxy) is 1. The number of nitro groups is 1. The molecule has 0 spiro atoms. The van der Waals surface area contributed by atoms with E-state index in [1.54, 1.807) is 24.3 Å². The van der Waals surface area contributed by atoms with Gasteiger partial charge in [0, 0.05) is 16.8 Å². The molecule has 1 heterocycles. The second-order valence-corrected chi connectivity index (χ2v) is 5.38. The minimum Gasteiger partial charge on any atom is -0.495 e. The van der Waals surface area contributed by atoms with Crippen LogP contribution in [0.2, 0.25) is 0 Å². The number of aromatic nitrogens is 1. The number of aldehydes is 1. The first-order valence-corrected chi connectivity index (χ1v) is 7.73. The molecule has 1 aromatic heterocycles. The molecule has 0 unspecified atom stereocenters. The van der Waals surface area contributed by atoms with Crippen molar-refractivity contribution in [2.45, 2.75) is 0 Å². The molecule has 3 aromatic rings. The van der Waals surface area contributed by atoms with Crippen molar-refractivity contribution in [1.82, 2.24) is 4.98 Å². The van der Waals surface area contributed by atoms with Crippen LogP contribution in [0.15, 0.2) is 60.8 Å². The largest absolute Gasteiger partial charge is 0.495 e. The molecule has 0 bridgehead atoms. The summed E-state index contributed by atoms with van der Waals surface area (Å²) in [4.78, 5) is 26.3. The maximum atomic E-state index is 11.4. The quantitative estimate of drug-likeness (QED) is 0.407. The minimum atomic E-state index is -0.528. The number of hydrogen-bond acceptors (Lipinski definition) is 6. The molecule has 0 fully saturated rings. The fourth-order valence-corrected chi connectivity index (χ4v) is 2.58. The highest BCUT2D eigenvalue weighted by atomic mass is 16.6. The summed E-state index contributed by atoms with van der Waals surface area (Å²) in [6.07, 6.45) is 2.18. The average Bonchev–Trinajstić information content (AvgIpc) is 2.68. The Morgan fingerprint density at radius 3 is 2.50 bits per heavy atom. The molecule has 0 saturated heterocycles. The number of anilines is 2. The van der Waals surface area contributed by atoms with Crippen LogP contribution in [0, 0.1) is 10.1 Å². The molecule has 0 saturated carbocycles. The van der Waals surface area contributed by atoms with E-state index >= 15 is 0 Å². The molecule has 0 aliphatic rings. The molecule has 1 N–H and O–H groups in total. The van der Waals surface area contributed by atoms with Gasteiger partial charge in [-0.05, 0) is 11.6 Å². The van der Waals surface area contributed by atoms with Crippen LogP contribution in [0.25, 0.3) is 11.1 Å². The zero-order valence-corrected chi connectivity index (χ0v) is 13.9. The molecule has 2 aromatic carbocycles. The van der Waals surface area contributed by atoms with E-state index in [0.29, 0.717) is 17.0 Å². The van der Waals surface area contributed by atoms with Gasteiger partial charge in [0.2, 0.25) is 5.82 Å². The Hall–Kier alpha value is -3.74. The van der Waals surface area contributed by atoms with E-state index in [0.717, 1.165) is 17.4 Å². The molecule has 0 aliphatic carbocycles. The third-order valence-corrected chi connectivity index (χ3v) is 3.83. The van der Waals surface area contributed by atoms with Crippen LogP contribution in [0.1, 0.15) is 10.4 Å². The van der Waals surface area contributed by atoms with Gasteiger partial charge in [0.15, 0.2) is 6.29 Å². The van der Waals surface area contributed by atoms with Crippen molar-refractivity contribution in [3.63, 3.8) is 0 Å². The molecule has 7 heteroatoms. The van der Waals surface area contributed by atoms with Crippen molar-refractivity contribution < 1.29 is 14.5 Å². The number of hydrogen-bond donors (Lipinski definition) is 1. The normalized spacial score (nSPS) is 10.2. The second kappa shape index (κ2) is 7.43. The molecule has 0 aliphatic heterocycles. The Kier molecular flexibility index (Phi) is 4.89. The average molecular weight is 349 g/mol. The van der Waals surface area contributed by atoms with E-state index < -0.39 is 4.92 Å². The summed E-state index contributed by atoms with van der Waals surface area (Å²) >= 11 is 0. The highest BCUT2D eigenvalue weighted by Gasteiger charge is 2.18. The molecule has 26 heavy (non-hydrogen) atoms. The van der Waals surface area contributed by atoms with E-state index in [-0.39, 0.29) is 11.5 Å². The minimum absolute atomic E-state index is 0.0897. The van der Waals surface area contributed by atoms with Crippen molar-refractivity contribution in [2.24, 2.45) is 0 Å². The van der Waals surface area contributed by atoms with Crippen LogP contribution >= 0.6 is 0 Å². The zero-order chi connectivity index (χ0) is 18.5. The lowest BCUT2D eigenvalue weighted by Crippen LogP contribution is -2.02. The summed E-state index contributed by atoms with van der Waals surface area (Å²) in [6.45, 7) is 0. The Labute approximate surface area is 149 Å². The first-order valence-electron chi connectivity index (χ1n) is 7.73. The fourth-order valence-electron chi connectivity index (χ4n) is 2.58. The summed E-state index contributed by atoms with van der Waals surface area (Å²) in [7, 11) is 1.42. The summed E-state index contributed by atoms with van der Waals surface area (Å²) < 4.78 is 5.00.